The summed E-state index contributed by atoms with van der Waals surface area (Å²) >= 11 is 12.3. The van der Waals surface area contributed by atoms with E-state index in [1.54, 1.807) is 25.1 Å². The lowest BCUT2D eigenvalue weighted by molar-refractivity contribution is 0.0943. The van der Waals surface area contributed by atoms with E-state index >= 15 is 0 Å². The number of halogens is 3. The predicted molar refractivity (Wildman–Crippen MR) is 94.2 cm³/mol. The fourth-order valence-electron chi connectivity index (χ4n) is 1.94. The number of hydrogen-bond acceptors (Lipinski definition) is 4. The number of benzene rings is 1. The molecule has 23 heavy (non-hydrogen) atoms. The number of carbonyl (C=O) groups is 1. The van der Waals surface area contributed by atoms with Crippen LogP contribution in [0.4, 0.5) is 0 Å². The normalized spacial score (nSPS) is 10.3. The number of nitrogens with one attached hydrogen (secondary N) is 2. The first-order valence-corrected chi connectivity index (χ1v) is 7.61. The van der Waals surface area contributed by atoms with Crippen molar-refractivity contribution in [2.45, 2.75) is 13.3 Å². The molecule has 9 heteroatoms. The summed E-state index contributed by atoms with van der Waals surface area (Å²) in [7, 11) is 1.86. The summed E-state index contributed by atoms with van der Waals surface area (Å²) in [5.41, 5.74) is 0.519. The van der Waals surface area contributed by atoms with E-state index in [-0.39, 0.29) is 24.1 Å². The van der Waals surface area contributed by atoms with Crippen molar-refractivity contribution in [3.8, 4) is 5.69 Å². The van der Waals surface area contributed by atoms with Gasteiger partial charge in [-0.05, 0) is 39.1 Å². The molecule has 1 aromatic heterocycles. The van der Waals surface area contributed by atoms with Gasteiger partial charge in [-0.2, -0.15) is 0 Å². The van der Waals surface area contributed by atoms with Gasteiger partial charge in [0.25, 0.3) is 5.91 Å². The highest BCUT2D eigenvalue weighted by Crippen LogP contribution is 2.28. The molecule has 1 heterocycles. The molecule has 0 aliphatic carbocycles. The zero-order chi connectivity index (χ0) is 16.1. The number of aromatic nitrogens is 3. The molecule has 0 spiro atoms. The SMILES string of the molecule is CNCCCNC(=O)c1nc(C)n(-c2c(Cl)cccc2Cl)n1.Cl. The van der Waals surface area contributed by atoms with Gasteiger partial charge in [-0.1, -0.05) is 29.3 Å². The molecule has 0 radical (unpaired) electrons. The van der Waals surface area contributed by atoms with Crippen LogP contribution in [0.2, 0.25) is 10.0 Å². The molecule has 1 amide bonds. The molecule has 0 aliphatic rings. The van der Waals surface area contributed by atoms with Gasteiger partial charge in [0.15, 0.2) is 0 Å². The number of aryl methyl sites for hydroxylation is 1. The van der Waals surface area contributed by atoms with Crippen LogP contribution in [0.1, 0.15) is 22.9 Å². The minimum atomic E-state index is -0.318. The number of carbonyl (C=O) groups excluding carboxylic acids is 1. The molecule has 0 bridgehead atoms. The fraction of sp³-hybridized carbons (Fsp3) is 0.357. The van der Waals surface area contributed by atoms with Crippen molar-refractivity contribution in [1.29, 1.82) is 0 Å². The first-order chi connectivity index (χ1) is 10.5. The fourth-order valence-corrected chi connectivity index (χ4v) is 2.49. The second kappa shape index (κ2) is 9.08. The van der Waals surface area contributed by atoms with Crippen LogP contribution >= 0.6 is 35.6 Å². The quantitative estimate of drug-likeness (QED) is 0.758. The highest BCUT2D eigenvalue weighted by Gasteiger charge is 2.17. The van der Waals surface area contributed by atoms with Gasteiger partial charge in [-0.25, -0.2) is 9.67 Å². The molecular formula is C14H18Cl3N5O. The average Bonchev–Trinajstić information content (AvgIpc) is 2.85. The number of rotatable bonds is 6. The second-order valence-electron chi connectivity index (χ2n) is 4.68. The standard InChI is InChI=1S/C14H17Cl2N5O.ClH/c1-9-19-13(14(22)18-8-4-7-17-2)20-21(9)12-10(15)5-3-6-11(12)16;/h3,5-6,17H,4,7-8H2,1-2H3,(H,18,22);1H. The highest BCUT2D eigenvalue weighted by molar-refractivity contribution is 6.37. The third-order valence-corrected chi connectivity index (χ3v) is 3.62. The number of hydrogen-bond donors (Lipinski definition) is 2. The van der Waals surface area contributed by atoms with Gasteiger partial charge in [-0.15, -0.1) is 17.5 Å². The van der Waals surface area contributed by atoms with Gasteiger partial charge < -0.3 is 10.6 Å². The number of amides is 1. The molecule has 2 aromatic rings. The molecule has 0 fully saturated rings. The monoisotopic (exact) mass is 377 g/mol. The molecule has 6 nitrogen and oxygen atoms in total. The van der Waals surface area contributed by atoms with Crippen LogP contribution in [-0.2, 0) is 0 Å². The molecule has 0 saturated carbocycles. The summed E-state index contributed by atoms with van der Waals surface area (Å²) in [6, 6.07) is 5.17. The van der Waals surface area contributed by atoms with E-state index in [2.05, 4.69) is 20.7 Å². The van der Waals surface area contributed by atoms with Crippen molar-refractivity contribution >= 4 is 41.5 Å². The van der Waals surface area contributed by atoms with Gasteiger partial charge >= 0.3 is 0 Å². The van der Waals surface area contributed by atoms with Crippen LogP contribution < -0.4 is 10.6 Å². The molecule has 0 aliphatic heterocycles. The minimum absolute atomic E-state index is 0. The van der Waals surface area contributed by atoms with Crippen molar-refractivity contribution in [3.05, 3.63) is 39.9 Å². The van der Waals surface area contributed by atoms with Crippen LogP contribution in [0, 0.1) is 6.92 Å². The summed E-state index contributed by atoms with van der Waals surface area (Å²) in [5.74, 6) is 0.314. The summed E-state index contributed by atoms with van der Waals surface area (Å²) in [6.07, 6.45) is 0.832. The molecule has 0 unspecified atom stereocenters. The molecule has 1 aromatic carbocycles. The van der Waals surface area contributed by atoms with Crippen LogP contribution in [0.15, 0.2) is 18.2 Å². The third-order valence-electron chi connectivity index (χ3n) is 3.01. The molecule has 2 N–H and O–H groups in total. The van der Waals surface area contributed by atoms with Crippen molar-refractivity contribution in [1.82, 2.24) is 25.4 Å². The van der Waals surface area contributed by atoms with E-state index in [0.29, 0.717) is 28.1 Å². The van der Waals surface area contributed by atoms with Gasteiger partial charge in [0, 0.05) is 6.54 Å². The van der Waals surface area contributed by atoms with Crippen molar-refractivity contribution in [2.24, 2.45) is 0 Å². The smallest absolute Gasteiger partial charge is 0.290 e. The lowest BCUT2D eigenvalue weighted by atomic mass is 10.3. The van der Waals surface area contributed by atoms with Crippen molar-refractivity contribution in [2.75, 3.05) is 20.1 Å². The van der Waals surface area contributed by atoms with E-state index in [4.69, 9.17) is 23.2 Å². The van der Waals surface area contributed by atoms with Crippen LogP contribution in [-0.4, -0.2) is 40.8 Å². The molecule has 0 atom stereocenters. The van der Waals surface area contributed by atoms with Gasteiger partial charge in [-0.3, -0.25) is 4.79 Å². The van der Waals surface area contributed by atoms with Crippen LogP contribution in [0.5, 0.6) is 0 Å². The Morgan fingerprint density at radius 3 is 2.52 bits per heavy atom. The number of nitrogens with zero attached hydrogens (tertiary/aromatic N) is 3. The largest absolute Gasteiger partial charge is 0.349 e. The first kappa shape index (κ1) is 19.7. The molecule has 126 valence electrons. The Bertz CT molecular complexity index is 654. The van der Waals surface area contributed by atoms with Gasteiger partial charge in [0.1, 0.15) is 11.5 Å². The Morgan fingerprint density at radius 2 is 1.91 bits per heavy atom. The van der Waals surface area contributed by atoms with E-state index in [9.17, 15) is 4.79 Å². The Hall–Kier alpha value is -1.34. The zero-order valence-corrected chi connectivity index (χ0v) is 15.1. The van der Waals surface area contributed by atoms with Gasteiger partial charge in [0.05, 0.1) is 10.0 Å². The highest BCUT2D eigenvalue weighted by atomic mass is 35.5. The van der Waals surface area contributed by atoms with E-state index < -0.39 is 0 Å². The summed E-state index contributed by atoms with van der Waals surface area (Å²) in [5, 5.41) is 10.9. The zero-order valence-electron chi connectivity index (χ0n) is 12.8. The van der Waals surface area contributed by atoms with E-state index in [1.807, 2.05) is 7.05 Å². The molecular weight excluding hydrogens is 361 g/mol. The van der Waals surface area contributed by atoms with Crippen LogP contribution in [0.25, 0.3) is 5.69 Å². The van der Waals surface area contributed by atoms with Crippen molar-refractivity contribution < 1.29 is 4.79 Å². The Morgan fingerprint density at radius 1 is 1.26 bits per heavy atom. The average molecular weight is 379 g/mol. The topological polar surface area (TPSA) is 71.8 Å². The minimum Gasteiger partial charge on any atom is -0.349 e. The number of para-hydroxylation sites is 1. The predicted octanol–water partition coefficient (Wildman–Crippen LogP) is 2.64. The lowest BCUT2D eigenvalue weighted by Crippen LogP contribution is -2.27. The lowest BCUT2D eigenvalue weighted by Gasteiger charge is -2.07. The summed E-state index contributed by atoms with van der Waals surface area (Å²) < 4.78 is 1.48. The summed E-state index contributed by atoms with van der Waals surface area (Å²) in [4.78, 5) is 16.2. The Kier molecular flexibility index (Phi) is 7.78. The third kappa shape index (κ3) is 4.81. The van der Waals surface area contributed by atoms with E-state index in [0.717, 1.165) is 13.0 Å². The summed E-state index contributed by atoms with van der Waals surface area (Å²) in [6.45, 7) is 3.13. The van der Waals surface area contributed by atoms with Crippen molar-refractivity contribution in [3.63, 3.8) is 0 Å². The van der Waals surface area contributed by atoms with Gasteiger partial charge in [0.2, 0.25) is 5.82 Å². The first-order valence-electron chi connectivity index (χ1n) is 6.85. The second-order valence-corrected chi connectivity index (χ2v) is 5.49. The molecule has 0 saturated heterocycles. The Balaban J connectivity index is 0.00000264. The van der Waals surface area contributed by atoms with Crippen LogP contribution in [0.3, 0.4) is 0 Å². The van der Waals surface area contributed by atoms with E-state index in [1.165, 1.54) is 4.68 Å². The Labute approximate surface area is 151 Å². The molecule has 2 rings (SSSR count). The maximum Gasteiger partial charge on any atom is 0.290 e. The maximum atomic E-state index is 12.0. The maximum absolute atomic E-state index is 12.0.